The zero-order chi connectivity index (χ0) is 17.0. The Morgan fingerprint density at radius 2 is 1.38 bits per heavy atom. The molecule has 0 radical (unpaired) electrons. The van der Waals surface area contributed by atoms with Crippen molar-refractivity contribution >= 4 is 11.6 Å². The van der Waals surface area contributed by atoms with Gasteiger partial charge in [0.2, 0.25) is 0 Å². The Bertz CT molecular complexity index is 782. The highest BCUT2D eigenvalue weighted by molar-refractivity contribution is 6.30. The lowest BCUT2D eigenvalue weighted by molar-refractivity contribution is 0.0217. The Kier molecular flexibility index (Phi) is 4.89. The van der Waals surface area contributed by atoms with Crippen LogP contribution in [0.3, 0.4) is 0 Å². The smallest absolute Gasteiger partial charge is 0.154 e. The van der Waals surface area contributed by atoms with Crippen LogP contribution in [0.25, 0.3) is 11.1 Å². The van der Waals surface area contributed by atoms with Crippen LogP contribution >= 0.6 is 11.6 Å². The van der Waals surface area contributed by atoms with Gasteiger partial charge in [0.05, 0.1) is 6.61 Å². The van der Waals surface area contributed by atoms with E-state index in [1.165, 1.54) is 0 Å². The number of ether oxygens (including phenoxy) is 1. The lowest BCUT2D eigenvalue weighted by Crippen LogP contribution is -2.33. The molecule has 0 amide bonds. The van der Waals surface area contributed by atoms with Crippen LogP contribution in [0.4, 0.5) is 0 Å². The molecule has 2 nitrogen and oxygen atoms in total. The molecule has 0 aliphatic heterocycles. The number of hydrogen-bond donors (Lipinski definition) is 1. The summed E-state index contributed by atoms with van der Waals surface area (Å²) in [5.74, 6) is 0.716. The minimum absolute atomic E-state index is 0.101. The van der Waals surface area contributed by atoms with Gasteiger partial charge in [-0.25, -0.2) is 0 Å². The summed E-state index contributed by atoms with van der Waals surface area (Å²) in [5.41, 5.74) is 2.35. The Labute approximate surface area is 147 Å². The van der Waals surface area contributed by atoms with Crippen molar-refractivity contribution in [2.75, 3.05) is 6.61 Å². The number of benzene rings is 3. The molecule has 0 saturated carbocycles. The van der Waals surface area contributed by atoms with Crippen molar-refractivity contribution in [3.8, 4) is 16.9 Å². The van der Waals surface area contributed by atoms with Crippen LogP contribution in [0.5, 0.6) is 5.75 Å². The van der Waals surface area contributed by atoms with Crippen LogP contribution in [0.1, 0.15) is 12.5 Å². The van der Waals surface area contributed by atoms with Crippen molar-refractivity contribution < 1.29 is 9.84 Å². The monoisotopic (exact) mass is 338 g/mol. The number of aliphatic hydroxyl groups is 1. The summed E-state index contributed by atoms with van der Waals surface area (Å²) in [4.78, 5) is 0. The highest BCUT2D eigenvalue weighted by Gasteiger charge is 2.27. The summed E-state index contributed by atoms with van der Waals surface area (Å²) < 4.78 is 6.08. The number of aliphatic hydroxyl groups excluding tert-OH is 1. The SMILES string of the molecule is CC(CO)(Oc1ccc(-c2ccc(Cl)cc2)cc1)c1ccccc1. The molecule has 24 heavy (non-hydrogen) atoms. The fourth-order valence-corrected chi connectivity index (χ4v) is 2.72. The Morgan fingerprint density at radius 1 is 0.833 bits per heavy atom. The summed E-state index contributed by atoms with van der Waals surface area (Å²) in [5, 5.41) is 10.5. The summed E-state index contributed by atoms with van der Waals surface area (Å²) in [7, 11) is 0. The summed E-state index contributed by atoms with van der Waals surface area (Å²) in [6, 6.07) is 25.3. The molecule has 0 aliphatic rings. The molecule has 0 aromatic heterocycles. The molecular weight excluding hydrogens is 320 g/mol. The summed E-state index contributed by atoms with van der Waals surface area (Å²) in [6.07, 6.45) is 0. The number of halogens is 1. The van der Waals surface area contributed by atoms with Gasteiger partial charge < -0.3 is 9.84 Å². The number of rotatable bonds is 5. The van der Waals surface area contributed by atoms with Crippen LogP contribution in [-0.2, 0) is 5.60 Å². The van der Waals surface area contributed by atoms with E-state index in [1.54, 1.807) is 0 Å². The van der Waals surface area contributed by atoms with Crippen molar-refractivity contribution in [3.63, 3.8) is 0 Å². The van der Waals surface area contributed by atoms with E-state index >= 15 is 0 Å². The molecule has 1 unspecified atom stereocenters. The standard InChI is InChI=1S/C21H19ClO2/c1-21(15-23,18-5-3-2-4-6-18)24-20-13-9-17(10-14-20)16-7-11-19(22)12-8-16/h2-14,23H,15H2,1H3. The van der Waals surface area contributed by atoms with Gasteiger partial charge in [-0.15, -0.1) is 0 Å². The van der Waals surface area contributed by atoms with Crippen molar-refractivity contribution in [3.05, 3.63) is 89.4 Å². The summed E-state index contributed by atoms with van der Waals surface area (Å²) >= 11 is 5.93. The maximum absolute atomic E-state index is 9.82. The average molecular weight is 339 g/mol. The molecule has 3 aromatic carbocycles. The molecule has 3 heteroatoms. The van der Waals surface area contributed by atoms with Gasteiger partial charge in [-0.2, -0.15) is 0 Å². The van der Waals surface area contributed by atoms with Crippen molar-refractivity contribution in [2.24, 2.45) is 0 Å². The zero-order valence-electron chi connectivity index (χ0n) is 13.4. The maximum Gasteiger partial charge on any atom is 0.154 e. The van der Waals surface area contributed by atoms with Gasteiger partial charge in [0, 0.05) is 5.02 Å². The highest BCUT2D eigenvalue weighted by atomic mass is 35.5. The molecule has 0 aliphatic carbocycles. The molecule has 3 aromatic rings. The van der Waals surface area contributed by atoms with Crippen LogP contribution in [0, 0.1) is 0 Å². The lowest BCUT2D eigenvalue weighted by atomic mass is 9.96. The summed E-state index contributed by atoms with van der Waals surface area (Å²) in [6.45, 7) is 1.78. The normalized spacial score (nSPS) is 13.3. The van der Waals surface area contributed by atoms with E-state index in [-0.39, 0.29) is 6.61 Å². The molecule has 0 fully saturated rings. The van der Waals surface area contributed by atoms with Gasteiger partial charge in [0.1, 0.15) is 5.75 Å². The van der Waals surface area contributed by atoms with Crippen molar-refractivity contribution in [1.29, 1.82) is 0 Å². The van der Waals surface area contributed by atoms with Crippen LogP contribution in [-0.4, -0.2) is 11.7 Å². The molecule has 0 heterocycles. The maximum atomic E-state index is 9.82. The van der Waals surface area contributed by atoms with Crippen molar-refractivity contribution in [1.82, 2.24) is 0 Å². The first kappa shape index (κ1) is 16.6. The topological polar surface area (TPSA) is 29.5 Å². The fourth-order valence-electron chi connectivity index (χ4n) is 2.59. The van der Waals surface area contributed by atoms with Crippen molar-refractivity contribution in [2.45, 2.75) is 12.5 Å². The van der Waals surface area contributed by atoms with E-state index in [9.17, 15) is 5.11 Å². The first-order chi connectivity index (χ1) is 11.6. The van der Waals surface area contributed by atoms with E-state index in [0.29, 0.717) is 5.75 Å². The van der Waals surface area contributed by atoms with Gasteiger partial charge >= 0.3 is 0 Å². The van der Waals surface area contributed by atoms with E-state index < -0.39 is 5.60 Å². The van der Waals surface area contributed by atoms with Gasteiger partial charge in [0.25, 0.3) is 0 Å². The van der Waals surface area contributed by atoms with E-state index in [0.717, 1.165) is 21.7 Å². The second-order valence-electron chi connectivity index (χ2n) is 5.89. The largest absolute Gasteiger partial charge is 0.480 e. The molecule has 1 N–H and O–H groups in total. The third-order valence-electron chi connectivity index (χ3n) is 4.06. The zero-order valence-corrected chi connectivity index (χ0v) is 14.2. The predicted molar refractivity (Wildman–Crippen MR) is 98.4 cm³/mol. The van der Waals surface area contributed by atoms with E-state index in [4.69, 9.17) is 16.3 Å². The number of hydrogen-bond acceptors (Lipinski definition) is 2. The fraction of sp³-hybridized carbons (Fsp3) is 0.143. The second kappa shape index (κ2) is 7.08. The first-order valence-corrected chi connectivity index (χ1v) is 8.20. The lowest BCUT2D eigenvalue weighted by Gasteiger charge is -2.29. The van der Waals surface area contributed by atoms with Gasteiger partial charge in [-0.05, 0) is 47.9 Å². The second-order valence-corrected chi connectivity index (χ2v) is 6.32. The Morgan fingerprint density at radius 3 is 1.92 bits per heavy atom. The molecular formula is C21H19ClO2. The molecule has 1 atom stereocenters. The molecule has 0 spiro atoms. The quantitative estimate of drug-likeness (QED) is 0.684. The highest BCUT2D eigenvalue weighted by Crippen LogP contribution is 2.30. The minimum Gasteiger partial charge on any atom is -0.480 e. The average Bonchev–Trinajstić information content (AvgIpc) is 2.64. The Hall–Kier alpha value is -2.29. The van der Waals surface area contributed by atoms with Gasteiger partial charge in [-0.3, -0.25) is 0 Å². The van der Waals surface area contributed by atoms with Gasteiger partial charge in [-0.1, -0.05) is 66.2 Å². The molecule has 3 rings (SSSR count). The van der Waals surface area contributed by atoms with E-state index in [1.807, 2.05) is 85.8 Å². The van der Waals surface area contributed by atoms with Crippen LogP contribution in [0.2, 0.25) is 5.02 Å². The third-order valence-corrected chi connectivity index (χ3v) is 4.31. The molecule has 0 bridgehead atoms. The van der Waals surface area contributed by atoms with Gasteiger partial charge in [0.15, 0.2) is 5.60 Å². The molecule has 122 valence electrons. The first-order valence-electron chi connectivity index (χ1n) is 7.82. The predicted octanol–water partition coefficient (Wildman–Crippen LogP) is 5.29. The minimum atomic E-state index is -0.775. The molecule has 0 saturated heterocycles. The Balaban J connectivity index is 1.81. The van der Waals surface area contributed by atoms with Crippen LogP contribution in [0.15, 0.2) is 78.9 Å². The third kappa shape index (κ3) is 3.61. The van der Waals surface area contributed by atoms with Crippen LogP contribution < -0.4 is 4.74 Å². The van der Waals surface area contributed by atoms with E-state index in [2.05, 4.69) is 0 Å².